The van der Waals surface area contributed by atoms with Crippen LogP contribution in [0.2, 0.25) is 0 Å². The highest BCUT2D eigenvalue weighted by atomic mass is 79.9. The van der Waals surface area contributed by atoms with Gasteiger partial charge in [0.1, 0.15) is 12.4 Å². The third-order valence-electron chi connectivity index (χ3n) is 2.55. The molecule has 0 radical (unpaired) electrons. The molecule has 0 unspecified atom stereocenters. The van der Waals surface area contributed by atoms with Gasteiger partial charge in [-0.1, -0.05) is 22.9 Å². The molecule has 19 heavy (non-hydrogen) atoms. The Bertz CT molecular complexity index is 542. The number of halogens is 2. The number of nitrogens with one attached hydrogen (secondary N) is 1. The largest absolute Gasteiger partial charge is 0.483 e. The number of benzene rings is 1. The molecule has 0 aliphatic rings. The van der Waals surface area contributed by atoms with E-state index >= 15 is 0 Å². The molecular weight excluding hydrogens is 313 g/mol. The Labute approximate surface area is 119 Å². The molecule has 102 valence electrons. The summed E-state index contributed by atoms with van der Waals surface area (Å²) in [6.45, 7) is 3.91. The van der Waals surface area contributed by atoms with Crippen molar-refractivity contribution in [1.29, 1.82) is 0 Å². The molecule has 0 saturated carbocycles. The summed E-state index contributed by atoms with van der Waals surface area (Å²) in [6, 6.07) is 6.48. The number of ether oxygens (including phenoxy) is 1. The highest BCUT2D eigenvalue weighted by Crippen LogP contribution is 2.23. The average Bonchev–Trinajstić information content (AvgIpc) is 2.85. The Hall–Kier alpha value is -1.33. The lowest BCUT2D eigenvalue weighted by atomic mass is 10.3. The van der Waals surface area contributed by atoms with Crippen molar-refractivity contribution in [3.05, 3.63) is 52.1 Å². The molecule has 0 spiro atoms. The normalized spacial score (nSPS) is 10.7. The Balaban J connectivity index is 1.94. The van der Waals surface area contributed by atoms with E-state index in [-0.39, 0.29) is 18.2 Å². The van der Waals surface area contributed by atoms with Crippen molar-refractivity contribution in [1.82, 2.24) is 5.32 Å². The van der Waals surface area contributed by atoms with E-state index in [2.05, 4.69) is 21.2 Å². The van der Waals surface area contributed by atoms with E-state index in [9.17, 15) is 4.39 Å². The maximum atomic E-state index is 13.5. The van der Waals surface area contributed by atoms with Crippen LogP contribution >= 0.6 is 15.9 Å². The van der Waals surface area contributed by atoms with Crippen molar-refractivity contribution < 1.29 is 13.5 Å². The Kier molecular flexibility index (Phi) is 4.99. The maximum absolute atomic E-state index is 13.5. The van der Waals surface area contributed by atoms with E-state index in [1.165, 1.54) is 6.07 Å². The van der Waals surface area contributed by atoms with E-state index in [4.69, 9.17) is 9.15 Å². The topological polar surface area (TPSA) is 34.4 Å². The smallest absolute Gasteiger partial charge is 0.165 e. The van der Waals surface area contributed by atoms with Gasteiger partial charge in [0, 0.05) is 16.6 Å². The first-order chi connectivity index (χ1) is 9.19. The second-order valence-corrected chi connectivity index (χ2v) is 4.98. The zero-order valence-electron chi connectivity index (χ0n) is 10.6. The number of hydrogen-bond acceptors (Lipinski definition) is 3. The van der Waals surface area contributed by atoms with E-state index < -0.39 is 0 Å². The van der Waals surface area contributed by atoms with E-state index in [1.807, 2.05) is 13.0 Å². The molecule has 2 rings (SSSR count). The van der Waals surface area contributed by atoms with Crippen LogP contribution in [0.1, 0.15) is 18.2 Å². The van der Waals surface area contributed by atoms with Crippen LogP contribution in [0.15, 0.2) is 39.4 Å². The van der Waals surface area contributed by atoms with Crippen LogP contribution in [-0.4, -0.2) is 6.54 Å². The van der Waals surface area contributed by atoms with E-state index in [0.717, 1.165) is 23.1 Å². The molecule has 0 aliphatic carbocycles. The van der Waals surface area contributed by atoms with Gasteiger partial charge >= 0.3 is 0 Å². The molecule has 0 bridgehead atoms. The van der Waals surface area contributed by atoms with Crippen LogP contribution in [0.5, 0.6) is 5.75 Å². The fourth-order valence-corrected chi connectivity index (χ4v) is 1.94. The lowest BCUT2D eigenvalue weighted by Crippen LogP contribution is -2.10. The van der Waals surface area contributed by atoms with Gasteiger partial charge in [0.05, 0.1) is 6.26 Å². The molecule has 3 nitrogen and oxygen atoms in total. The van der Waals surface area contributed by atoms with Gasteiger partial charge in [-0.05, 0) is 30.8 Å². The van der Waals surface area contributed by atoms with Crippen molar-refractivity contribution in [2.45, 2.75) is 20.1 Å². The summed E-state index contributed by atoms with van der Waals surface area (Å²) in [6.07, 6.45) is 1.68. The molecule has 1 aromatic carbocycles. The van der Waals surface area contributed by atoms with Crippen molar-refractivity contribution in [3.63, 3.8) is 0 Å². The van der Waals surface area contributed by atoms with Gasteiger partial charge in [0.25, 0.3) is 0 Å². The minimum absolute atomic E-state index is 0.207. The van der Waals surface area contributed by atoms with Crippen molar-refractivity contribution in [2.75, 3.05) is 6.54 Å². The second kappa shape index (κ2) is 6.73. The molecule has 0 saturated heterocycles. The zero-order valence-corrected chi connectivity index (χ0v) is 12.2. The standard InChI is InChI=1S/C14H15BrFNO2/c1-2-17-7-10-5-12(18-8-10)9-19-14-6-11(15)3-4-13(14)16/h3-6,8,17H,2,7,9H2,1H3. The third kappa shape index (κ3) is 4.08. The summed E-state index contributed by atoms with van der Waals surface area (Å²) in [5, 5.41) is 3.20. The fourth-order valence-electron chi connectivity index (χ4n) is 1.60. The Morgan fingerprint density at radius 2 is 2.21 bits per heavy atom. The molecular formula is C14H15BrFNO2. The zero-order chi connectivity index (χ0) is 13.7. The van der Waals surface area contributed by atoms with Gasteiger partial charge in [-0.3, -0.25) is 0 Å². The van der Waals surface area contributed by atoms with Gasteiger partial charge in [-0.2, -0.15) is 0 Å². The molecule has 0 amide bonds. The summed E-state index contributed by atoms with van der Waals surface area (Å²) >= 11 is 3.28. The predicted molar refractivity (Wildman–Crippen MR) is 74.5 cm³/mol. The maximum Gasteiger partial charge on any atom is 0.165 e. The average molecular weight is 328 g/mol. The van der Waals surface area contributed by atoms with Crippen LogP contribution in [0.25, 0.3) is 0 Å². The first-order valence-corrected chi connectivity index (χ1v) is 6.83. The third-order valence-corrected chi connectivity index (χ3v) is 3.04. The SMILES string of the molecule is CCNCc1coc(COc2cc(Br)ccc2F)c1. The van der Waals surface area contributed by atoms with Gasteiger partial charge < -0.3 is 14.5 Å². The predicted octanol–water partition coefficient (Wildman–Crippen LogP) is 3.87. The molecule has 1 aromatic heterocycles. The summed E-state index contributed by atoms with van der Waals surface area (Å²) < 4.78 is 25.0. The van der Waals surface area contributed by atoms with Crippen molar-refractivity contribution >= 4 is 15.9 Å². The Morgan fingerprint density at radius 3 is 3.00 bits per heavy atom. The van der Waals surface area contributed by atoms with Crippen molar-refractivity contribution in [2.24, 2.45) is 0 Å². The number of hydrogen-bond donors (Lipinski definition) is 1. The number of furan rings is 1. The van der Waals surface area contributed by atoms with Crippen LogP contribution in [-0.2, 0) is 13.2 Å². The first kappa shape index (κ1) is 14.1. The van der Waals surface area contributed by atoms with Gasteiger partial charge in [-0.15, -0.1) is 0 Å². The van der Waals surface area contributed by atoms with Gasteiger partial charge in [0.15, 0.2) is 11.6 Å². The quantitative estimate of drug-likeness (QED) is 0.874. The highest BCUT2D eigenvalue weighted by Gasteiger charge is 2.07. The van der Waals surface area contributed by atoms with Crippen LogP contribution < -0.4 is 10.1 Å². The molecule has 1 N–H and O–H groups in total. The minimum Gasteiger partial charge on any atom is -0.483 e. The van der Waals surface area contributed by atoms with Crippen LogP contribution in [0.4, 0.5) is 4.39 Å². The summed E-state index contributed by atoms with van der Waals surface area (Å²) in [4.78, 5) is 0. The lowest BCUT2D eigenvalue weighted by molar-refractivity contribution is 0.258. The lowest BCUT2D eigenvalue weighted by Gasteiger charge is -2.05. The second-order valence-electron chi connectivity index (χ2n) is 4.07. The molecule has 5 heteroatoms. The molecule has 1 heterocycles. The molecule has 0 fully saturated rings. The molecule has 2 aromatic rings. The molecule has 0 aliphatic heterocycles. The number of rotatable bonds is 6. The van der Waals surface area contributed by atoms with Gasteiger partial charge in [0.2, 0.25) is 0 Å². The highest BCUT2D eigenvalue weighted by molar-refractivity contribution is 9.10. The summed E-state index contributed by atoms with van der Waals surface area (Å²) in [5.41, 5.74) is 1.05. The monoisotopic (exact) mass is 327 g/mol. The van der Waals surface area contributed by atoms with Crippen LogP contribution in [0, 0.1) is 5.82 Å². The Morgan fingerprint density at radius 1 is 1.37 bits per heavy atom. The van der Waals surface area contributed by atoms with Crippen molar-refractivity contribution in [3.8, 4) is 5.75 Å². The summed E-state index contributed by atoms with van der Waals surface area (Å²) in [5.74, 6) is 0.494. The molecule has 0 atom stereocenters. The van der Waals surface area contributed by atoms with Gasteiger partial charge in [-0.25, -0.2) is 4.39 Å². The minimum atomic E-state index is -0.386. The van der Waals surface area contributed by atoms with E-state index in [1.54, 1.807) is 18.4 Å². The van der Waals surface area contributed by atoms with Crippen LogP contribution in [0.3, 0.4) is 0 Å². The summed E-state index contributed by atoms with van der Waals surface area (Å²) in [7, 11) is 0. The van der Waals surface area contributed by atoms with E-state index in [0.29, 0.717) is 5.76 Å². The fraction of sp³-hybridized carbons (Fsp3) is 0.286. The first-order valence-electron chi connectivity index (χ1n) is 6.04.